The number of nitrogens with one attached hydrogen (secondary N) is 6. The maximum absolute atomic E-state index is 12.9. The summed E-state index contributed by atoms with van der Waals surface area (Å²) in [5.74, 6) is 6.94. The molecule has 0 bridgehead atoms. The number of rotatable bonds is 28. The van der Waals surface area contributed by atoms with E-state index in [1.54, 1.807) is 142 Å². The number of Topliss-reactive ketones (excluding diaryl/α,β-unsaturated/α-hetero) is 2. The lowest BCUT2D eigenvalue weighted by Gasteiger charge is -2.18. The molecule has 29 heteroatoms. The van der Waals surface area contributed by atoms with Gasteiger partial charge in [-0.3, -0.25) is 43.3 Å². The standard InChI is InChI=1S/C25H27NO5.2C24H26N2O6.C23H24N2O5/c1-15-5-9-19(10-6-15)31-20-4-2-3-17(11-20)25(28)26-21-14-30-23-18(13-29-24(21)23)12-22(27)16-7-8-16;1-29-16-5-3-7-18(11-16)32-17-6-2-4-15(10-17)24(28)26-20-13-31-21-19(12-30-22(20)21)25-23(27)14-8-9-14;1-29-19-7-2-3-8-20(19)32-16-6-4-5-15(11-16)24(28)26-18-13-31-21-17(12-30-22(18)21)25-23(27)14-9-10-14;26-20(14-6-7-14)10-16-12-28-22-19(13-29-21(16)22)25-23(27)15-3-1-4-17(9-15)30-18-5-2-8-24-11-18/h2-6,9-11,16,18,21,23-24H,7-8,12-14H2,1H3,(H,26,28);2-7,10-11,14,19-22H,8-9,12-13H2,1H3,(H,25,27)(H,26,28);2-8,11,14,17-18,21-22H,9-10,12-13H2,1H3,(H,25,27)(H,26,28);1-5,8-9,11,14,16,19,21-22H,6-7,10,12-13H2,(H,25,27)/t18-,21-,23+,24+;19-,20-,21+,22+;17-,18-,21+,22+;16-,19-,21+,22+/m0000/s1. The number of fused-ring (bicyclic) bond motifs is 4. The Morgan fingerprint density at radius 3 is 1.02 bits per heavy atom. The van der Waals surface area contributed by atoms with Crippen molar-refractivity contribution in [2.24, 2.45) is 35.5 Å². The molecule has 1 aromatic heterocycles. The molecule has 0 radical (unpaired) electrons. The number of nitrogens with zero attached hydrogens (tertiary/aromatic N) is 1. The number of ketones is 2. The molecule has 9 heterocycles. The molecule has 654 valence electrons. The summed E-state index contributed by atoms with van der Waals surface area (Å²) >= 11 is 0. The van der Waals surface area contributed by atoms with Gasteiger partial charge in [-0.25, -0.2) is 0 Å². The summed E-state index contributed by atoms with van der Waals surface area (Å²) in [5.41, 5.74) is 3.12. The van der Waals surface area contributed by atoms with Gasteiger partial charge < -0.3 is 98.2 Å². The van der Waals surface area contributed by atoms with Gasteiger partial charge in [0.2, 0.25) is 11.8 Å². The molecular formula is C96H103N7O22. The Balaban J connectivity index is 0.000000118. The van der Waals surface area contributed by atoms with Crippen LogP contribution < -0.4 is 60.3 Å². The third-order valence-corrected chi connectivity index (χ3v) is 24.3. The van der Waals surface area contributed by atoms with Gasteiger partial charge in [0.05, 0.1) is 122 Å². The summed E-state index contributed by atoms with van der Waals surface area (Å²) in [4.78, 5) is 104. The molecule has 0 spiro atoms. The van der Waals surface area contributed by atoms with Gasteiger partial charge in [-0.2, -0.15) is 0 Å². The predicted octanol–water partition coefficient (Wildman–Crippen LogP) is 11.0. The lowest BCUT2D eigenvalue weighted by molar-refractivity contribution is -0.124. The number of carbonyl (C=O) groups excluding carboxylic acids is 8. The lowest BCUT2D eigenvalue weighted by atomic mass is 9.94. The number of pyridine rings is 1. The van der Waals surface area contributed by atoms with E-state index in [2.05, 4.69) is 36.9 Å². The number of hydrogen-bond acceptors (Lipinski definition) is 23. The molecule has 8 aliphatic heterocycles. The Bertz CT molecular complexity index is 5180. The van der Waals surface area contributed by atoms with Crippen LogP contribution in [0.15, 0.2) is 194 Å². The molecule has 125 heavy (non-hydrogen) atoms. The van der Waals surface area contributed by atoms with E-state index in [-0.39, 0.29) is 156 Å². The van der Waals surface area contributed by atoms with E-state index >= 15 is 0 Å². The Labute approximate surface area is 723 Å². The molecule has 0 unspecified atom stereocenters. The van der Waals surface area contributed by atoms with Crippen LogP contribution >= 0.6 is 0 Å². The van der Waals surface area contributed by atoms with Gasteiger partial charge in [0.15, 0.2) is 11.5 Å². The summed E-state index contributed by atoms with van der Waals surface area (Å²) in [6.07, 6.45) is 10.5. The van der Waals surface area contributed by atoms with Crippen molar-refractivity contribution in [3.63, 3.8) is 0 Å². The van der Waals surface area contributed by atoms with Gasteiger partial charge in [-0.1, -0.05) is 60.2 Å². The van der Waals surface area contributed by atoms with Crippen molar-refractivity contribution in [1.82, 2.24) is 36.9 Å². The summed E-state index contributed by atoms with van der Waals surface area (Å²) in [6.45, 7) is 5.30. The molecule has 12 aliphatic rings. The molecule has 20 rings (SSSR count). The molecule has 6 amide bonds. The Morgan fingerprint density at radius 2 is 0.640 bits per heavy atom. The van der Waals surface area contributed by atoms with Crippen molar-refractivity contribution in [3.8, 4) is 57.5 Å². The lowest BCUT2D eigenvalue weighted by Crippen LogP contribution is -2.47. The van der Waals surface area contributed by atoms with E-state index in [0.717, 1.165) is 62.7 Å². The molecule has 12 fully saturated rings. The molecule has 8 aromatic rings. The van der Waals surface area contributed by atoms with Crippen molar-refractivity contribution in [1.29, 1.82) is 0 Å². The highest BCUT2D eigenvalue weighted by atomic mass is 16.6. The summed E-state index contributed by atoms with van der Waals surface area (Å²) in [6, 6.07) is 52.7. The van der Waals surface area contributed by atoms with Crippen molar-refractivity contribution in [2.75, 3.05) is 67.1 Å². The highest BCUT2D eigenvalue weighted by molar-refractivity contribution is 5.97. The minimum absolute atomic E-state index is 0.0715. The van der Waals surface area contributed by atoms with Gasteiger partial charge in [0, 0.05) is 82.9 Å². The molecule has 8 saturated heterocycles. The summed E-state index contributed by atoms with van der Waals surface area (Å²) < 4.78 is 81.2. The monoisotopic (exact) mass is 1710 g/mol. The van der Waals surface area contributed by atoms with Crippen LogP contribution in [0.3, 0.4) is 0 Å². The minimum Gasteiger partial charge on any atom is -0.497 e. The molecule has 29 nitrogen and oxygen atoms in total. The Hall–Kier alpha value is -11.7. The van der Waals surface area contributed by atoms with E-state index in [4.69, 9.17) is 66.3 Å². The molecule has 7 aromatic carbocycles. The second-order valence-electron chi connectivity index (χ2n) is 33.7. The predicted molar refractivity (Wildman–Crippen MR) is 451 cm³/mol. The molecular weight excluding hydrogens is 1600 g/mol. The number of ether oxygens (including phenoxy) is 14. The van der Waals surface area contributed by atoms with Gasteiger partial charge in [0.1, 0.15) is 94.2 Å². The fourth-order valence-electron chi connectivity index (χ4n) is 16.9. The second-order valence-corrected chi connectivity index (χ2v) is 33.7. The zero-order valence-corrected chi connectivity index (χ0v) is 69.7. The van der Waals surface area contributed by atoms with Crippen LogP contribution in [-0.2, 0) is 57.1 Å². The van der Waals surface area contributed by atoms with E-state index < -0.39 is 0 Å². The smallest absolute Gasteiger partial charge is 0.251 e. The van der Waals surface area contributed by atoms with Crippen LogP contribution in [-0.4, -0.2) is 204 Å². The maximum Gasteiger partial charge on any atom is 0.251 e. The van der Waals surface area contributed by atoms with Crippen molar-refractivity contribution in [3.05, 3.63) is 222 Å². The number of carbonyl (C=O) groups is 8. The number of benzene rings is 7. The first-order valence-corrected chi connectivity index (χ1v) is 43.1. The van der Waals surface area contributed by atoms with Crippen LogP contribution in [0.1, 0.15) is 111 Å². The summed E-state index contributed by atoms with van der Waals surface area (Å²) in [7, 11) is 3.18. The zero-order chi connectivity index (χ0) is 86.0. The Kier molecular flexibility index (Phi) is 26.8. The highest BCUT2D eigenvalue weighted by Crippen LogP contribution is 2.42. The normalized spacial score (nSPS) is 26.7. The van der Waals surface area contributed by atoms with Crippen LogP contribution in [0.2, 0.25) is 0 Å². The first kappa shape index (κ1) is 85.5. The highest BCUT2D eigenvalue weighted by Gasteiger charge is 2.54. The van der Waals surface area contributed by atoms with Crippen LogP contribution in [0.5, 0.6) is 57.5 Å². The van der Waals surface area contributed by atoms with Gasteiger partial charge in [-0.05, 0) is 180 Å². The van der Waals surface area contributed by atoms with Crippen LogP contribution in [0.4, 0.5) is 0 Å². The van der Waals surface area contributed by atoms with Gasteiger partial charge >= 0.3 is 0 Å². The molecule has 4 aliphatic carbocycles. The first-order valence-electron chi connectivity index (χ1n) is 43.1. The maximum atomic E-state index is 12.9. The quantitative estimate of drug-likeness (QED) is 0.0265. The molecule has 16 atom stereocenters. The fourth-order valence-corrected chi connectivity index (χ4v) is 16.9. The van der Waals surface area contributed by atoms with Crippen LogP contribution in [0, 0.1) is 42.4 Å². The third kappa shape index (κ3) is 21.6. The van der Waals surface area contributed by atoms with Gasteiger partial charge in [0.25, 0.3) is 23.6 Å². The van der Waals surface area contributed by atoms with E-state index in [1.807, 2.05) is 73.7 Å². The number of amides is 6. The van der Waals surface area contributed by atoms with E-state index in [1.165, 1.54) is 0 Å². The molecule has 4 saturated carbocycles. The fraction of sp³-hybridized carbons (Fsp3) is 0.427. The molecule has 6 N–H and O–H groups in total. The topological polar surface area (TPSA) is 351 Å². The van der Waals surface area contributed by atoms with Gasteiger partial charge in [-0.15, -0.1) is 0 Å². The second kappa shape index (κ2) is 39.3. The number of methoxy groups -OCH3 is 2. The average molecular weight is 1710 g/mol. The van der Waals surface area contributed by atoms with Crippen LogP contribution in [0.25, 0.3) is 0 Å². The van der Waals surface area contributed by atoms with E-state index in [9.17, 15) is 38.4 Å². The van der Waals surface area contributed by atoms with Crippen molar-refractivity contribution < 1.29 is 105 Å². The third-order valence-electron chi connectivity index (χ3n) is 24.3. The zero-order valence-electron chi connectivity index (χ0n) is 69.7. The average Bonchev–Trinajstić information content (AvgIpc) is 1.65. The number of hydrogen-bond donors (Lipinski definition) is 6. The largest absolute Gasteiger partial charge is 0.497 e. The number of para-hydroxylation sites is 2. The Morgan fingerprint density at radius 1 is 0.312 bits per heavy atom. The summed E-state index contributed by atoms with van der Waals surface area (Å²) in [5, 5.41) is 18.1. The van der Waals surface area contributed by atoms with Crippen molar-refractivity contribution >= 4 is 47.0 Å². The first-order chi connectivity index (χ1) is 61.0. The number of aromatic nitrogens is 1. The minimum atomic E-state index is -0.283. The van der Waals surface area contributed by atoms with Crippen molar-refractivity contribution in [2.45, 2.75) is 156 Å². The number of aryl methyl sites for hydroxylation is 1. The SMILES string of the molecule is COc1cccc(Oc2cccc(C(=O)N[C@H]3CO[C@H]4[C@@H]3OC[C@@H]4NC(=O)C3CC3)c2)c1.COc1ccccc1Oc1cccc(C(=O)N[C@H]2CO[C@H]3[C@@H]2OC[C@@H]3NC(=O)C2CC2)c1.Cc1ccc(Oc2cccc(C(=O)N[C@H]3CO[C@@H]4[C@@H](CC(=O)C5CC5)CO[C@@H]43)c2)cc1.O=C(N[C@H]1CO[C@@H]2[C@@H](CC(=O)C3CC3)CO[C@@H]21)c1cccc(Oc2cccnc2)c1. The van der Waals surface area contributed by atoms with E-state index in [0.29, 0.717) is 151 Å².